The van der Waals surface area contributed by atoms with Crippen LogP contribution in [-0.2, 0) is 4.79 Å². The van der Waals surface area contributed by atoms with Gasteiger partial charge in [-0.3, -0.25) is 9.59 Å². The highest BCUT2D eigenvalue weighted by atomic mass is 32.2. The summed E-state index contributed by atoms with van der Waals surface area (Å²) in [5.41, 5.74) is 5.47. The van der Waals surface area contributed by atoms with Crippen LogP contribution in [0.15, 0.2) is 77.8 Å². The van der Waals surface area contributed by atoms with Crippen LogP contribution in [0.2, 0.25) is 0 Å². The molecule has 0 saturated carbocycles. The van der Waals surface area contributed by atoms with Gasteiger partial charge in [0.05, 0.1) is 29.7 Å². The predicted molar refractivity (Wildman–Crippen MR) is 155 cm³/mol. The number of pyridine rings is 1. The Bertz CT molecular complexity index is 1560. The lowest BCUT2D eigenvalue weighted by Crippen LogP contribution is -2.18. The van der Waals surface area contributed by atoms with Gasteiger partial charge in [0.2, 0.25) is 5.91 Å². The van der Waals surface area contributed by atoms with Crippen LogP contribution in [0.1, 0.15) is 32.7 Å². The molecule has 2 amide bonds. The monoisotopic (exact) mass is 536 g/mol. The molecule has 4 aromatic rings. The van der Waals surface area contributed by atoms with Crippen LogP contribution in [0.3, 0.4) is 0 Å². The first-order chi connectivity index (χ1) is 18.8. The van der Waals surface area contributed by atoms with Gasteiger partial charge >= 0.3 is 0 Å². The largest absolute Gasteiger partial charge is 0.497 e. The lowest BCUT2D eigenvalue weighted by atomic mass is 9.94. The third kappa shape index (κ3) is 6.46. The van der Waals surface area contributed by atoms with Gasteiger partial charge in [0.25, 0.3) is 5.91 Å². The number of hydrogen-bond donors (Lipinski definition) is 2. The number of carbonyl (C=O) groups excluding carboxylic acids is 2. The number of anilines is 2. The van der Waals surface area contributed by atoms with Crippen molar-refractivity contribution in [2.75, 3.05) is 23.5 Å². The molecule has 0 spiro atoms. The van der Waals surface area contributed by atoms with Crippen molar-refractivity contribution in [1.29, 1.82) is 5.26 Å². The van der Waals surface area contributed by atoms with Crippen LogP contribution in [0.4, 0.5) is 11.4 Å². The number of para-hydroxylation sites is 1. The number of methoxy groups -OCH3 is 1. The second-order valence-electron chi connectivity index (χ2n) is 8.94. The predicted octanol–water partition coefficient (Wildman–Crippen LogP) is 6.54. The molecule has 0 radical (unpaired) electrons. The highest BCUT2D eigenvalue weighted by Gasteiger charge is 2.25. The van der Waals surface area contributed by atoms with Gasteiger partial charge in [-0.15, -0.1) is 0 Å². The topological polar surface area (TPSA) is 104 Å². The maximum absolute atomic E-state index is 13.5. The summed E-state index contributed by atoms with van der Waals surface area (Å²) in [6.07, 6.45) is 0. The fourth-order valence-corrected chi connectivity index (χ4v) is 4.95. The number of aromatic nitrogens is 1. The summed E-state index contributed by atoms with van der Waals surface area (Å²) >= 11 is 1.16. The first-order valence-corrected chi connectivity index (χ1v) is 13.2. The SMILES string of the molecule is COc1ccc(-c2c(C#N)c(SCC(=O)Nc3cc(C)ccc3C)nc(C)c2C(=O)Nc2ccccc2)cc1. The molecule has 0 saturated heterocycles. The molecular formula is C31H28N4O3S. The van der Waals surface area contributed by atoms with Crippen LogP contribution in [0, 0.1) is 32.1 Å². The molecule has 0 unspecified atom stereocenters. The Morgan fingerprint density at radius 3 is 2.36 bits per heavy atom. The lowest BCUT2D eigenvalue weighted by molar-refractivity contribution is -0.113. The second-order valence-corrected chi connectivity index (χ2v) is 9.91. The average molecular weight is 537 g/mol. The van der Waals surface area contributed by atoms with Crippen LogP contribution in [-0.4, -0.2) is 29.7 Å². The number of nitrogens with zero attached hydrogens (tertiary/aromatic N) is 2. The zero-order valence-corrected chi connectivity index (χ0v) is 23.0. The van der Waals surface area contributed by atoms with Gasteiger partial charge in [0.15, 0.2) is 0 Å². The van der Waals surface area contributed by atoms with Gasteiger partial charge in [-0.2, -0.15) is 5.26 Å². The lowest BCUT2D eigenvalue weighted by Gasteiger charge is -2.17. The molecule has 39 heavy (non-hydrogen) atoms. The molecular weight excluding hydrogens is 508 g/mol. The quantitative estimate of drug-likeness (QED) is 0.248. The molecule has 0 aliphatic carbocycles. The van der Waals surface area contributed by atoms with E-state index in [1.807, 2.05) is 50.2 Å². The van der Waals surface area contributed by atoms with Gasteiger partial charge in [0.1, 0.15) is 16.8 Å². The molecule has 196 valence electrons. The molecule has 1 aromatic heterocycles. The van der Waals surface area contributed by atoms with Gasteiger partial charge in [-0.1, -0.05) is 54.2 Å². The molecule has 0 fully saturated rings. The van der Waals surface area contributed by atoms with E-state index in [-0.39, 0.29) is 23.1 Å². The van der Waals surface area contributed by atoms with Crippen molar-refractivity contribution in [1.82, 2.24) is 4.98 Å². The maximum Gasteiger partial charge on any atom is 0.258 e. The van der Waals surface area contributed by atoms with Crippen LogP contribution >= 0.6 is 11.8 Å². The first kappa shape index (κ1) is 27.4. The average Bonchev–Trinajstić information content (AvgIpc) is 2.94. The summed E-state index contributed by atoms with van der Waals surface area (Å²) in [5.74, 6) is 0.106. The zero-order valence-electron chi connectivity index (χ0n) is 22.2. The third-order valence-corrected chi connectivity index (χ3v) is 7.08. The van der Waals surface area contributed by atoms with E-state index >= 15 is 0 Å². The maximum atomic E-state index is 13.5. The summed E-state index contributed by atoms with van der Waals surface area (Å²) in [5, 5.41) is 16.5. The van der Waals surface area contributed by atoms with Crippen molar-refractivity contribution in [2.24, 2.45) is 0 Å². The van der Waals surface area contributed by atoms with Crippen LogP contribution in [0.25, 0.3) is 11.1 Å². The van der Waals surface area contributed by atoms with Crippen molar-refractivity contribution in [3.05, 3.63) is 101 Å². The molecule has 3 aromatic carbocycles. The van der Waals surface area contributed by atoms with Crippen molar-refractivity contribution >= 4 is 35.0 Å². The molecule has 0 atom stereocenters. The molecule has 1 heterocycles. The van der Waals surface area contributed by atoms with E-state index < -0.39 is 0 Å². The minimum absolute atomic E-state index is 0.0477. The molecule has 2 N–H and O–H groups in total. The molecule has 0 aliphatic rings. The van der Waals surface area contributed by atoms with E-state index in [2.05, 4.69) is 21.7 Å². The van der Waals surface area contributed by atoms with Crippen LogP contribution in [0.5, 0.6) is 5.75 Å². The second kappa shape index (κ2) is 12.3. The number of amides is 2. The molecule has 0 bridgehead atoms. The molecule has 0 aliphatic heterocycles. The summed E-state index contributed by atoms with van der Waals surface area (Å²) in [6.45, 7) is 5.63. The number of nitriles is 1. The Labute approximate surface area is 232 Å². The van der Waals surface area contributed by atoms with E-state index in [1.165, 1.54) is 0 Å². The number of ether oxygens (including phenoxy) is 1. The zero-order chi connectivity index (χ0) is 27.9. The van der Waals surface area contributed by atoms with E-state index in [9.17, 15) is 14.9 Å². The van der Waals surface area contributed by atoms with E-state index in [0.29, 0.717) is 38.8 Å². The minimum Gasteiger partial charge on any atom is -0.497 e. The van der Waals surface area contributed by atoms with E-state index in [1.54, 1.807) is 50.4 Å². The van der Waals surface area contributed by atoms with Gasteiger partial charge in [-0.25, -0.2) is 4.98 Å². The fourth-order valence-electron chi connectivity index (χ4n) is 4.12. The highest BCUT2D eigenvalue weighted by Crippen LogP contribution is 2.36. The highest BCUT2D eigenvalue weighted by molar-refractivity contribution is 8.00. The number of benzene rings is 3. The Hall–Kier alpha value is -4.61. The number of carbonyl (C=O) groups is 2. The summed E-state index contributed by atoms with van der Waals surface area (Å²) < 4.78 is 5.29. The Kier molecular flexibility index (Phi) is 8.64. The Morgan fingerprint density at radius 2 is 1.69 bits per heavy atom. The van der Waals surface area contributed by atoms with Gasteiger partial charge < -0.3 is 15.4 Å². The van der Waals surface area contributed by atoms with E-state index in [4.69, 9.17) is 4.74 Å². The van der Waals surface area contributed by atoms with Crippen molar-refractivity contribution in [3.63, 3.8) is 0 Å². The molecule has 8 heteroatoms. The van der Waals surface area contributed by atoms with Crippen LogP contribution < -0.4 is 15.4 Å². The number of nitrogens with one attached hydrogen (secondary N) is 2. The number of rotatable bonds is 8. The number of hydrogen-bond acceptors (Lipinski definition) is 6. The van der Waals surface area contributed by atoms with Crippen molar-refractivity contribution in [2.45, 2.75) is 25.8 Å². The summed E-state index contributed by atoms with van der Waals surface area (Å²) in [6, 6.07) is 24.4. The molecule has 4 rings (SSSR count). The minimum atomic E-state index is -0.377. The Morgan fingerprint density at radius 1 is 0.974 bits per heavy atom. The third-order valence-electron chi connectivity index (χ3n) is 6.10. The smallest absolute Gasteiger partial charge is 0.258 e. The summed E-state index contributed by atoms with van der Waals surface area (Å²) in [4.78, 5) is 30.9. The Balaban J connectivity index is 1.71. The van der Waals surface area contributed by atoms with Gasteiger partial charge in [-0.05, 0) is 67.8 Å². The fraction of sp³-hybridized carbons (Fsp3) is 0.161. The van der Waals surface area contributed by atoms with Crippen molar-refractivity contribution < 1.29 is 14.3 Å². The summed E-state index contributed by atoms with van der Waals surface area (Å²) in [7, 11) is 1.57. The first-order valence-electron chi connectivity index (χ1n) is 12.3. The van der Waals surface area contributed by atoms with E-state index in [0.717, 1.165) is 28.6 Å². The molecule has 7 nitrogen and oxygen atoms in total. The van der Waals surface area contributed by atoms with Crippen molar-refractivity contribution in [3.8, 4) is 22.9 Å². The number of thioether (sulfide) groups is 1. The van der Waals surface area contributed by atoms with Gasteiger partial charge in [0, 0.05) is 16.9 Å². The normalized spacial score (nSPS) is 10.4. The standard InChI is InChI=1S/C31H28N4O3S/c1-19-10-11-20(2)26(16-19)35-27(36)18-39-31-25(17-32)29(22-12-14-24(38-4)15-13-22)28(21(3)33-31)30(37)34-23-8-6-5-7-9-23/h5-16H,18H2,1-4H3,(H,34,37)(H,35,36). The number of aryl methyl sites for hydroxylation is 3.